The van der Waals surface area contributed by atoms with Crippen molar-refractivity contribution in [3.05, 3.63) is 65.2 Å². The summed E-state index contributed by atoms with van der Waals surface area (Å²) < 4.78 is 11.0. The van der Waals surface area contributed by atoms with E-state index in [1.165, 1.54) is 12.7 Å². The third-order valence-corrected chi connectivity index (χ3v) is 4.31. The normalized spacial score (nSPS) is 18.0. The van der Waals surface area contributed by atoms with Crippen LogP contribution in [0.3, 0.4) is 0 Å². The number of carbonyl (C=O) groups excluding carboxylic acids is 1. The van der Waals surface area contributed by atoms with Crippen LogP contribution >= 0.6 is 0 Å². The van der Waals surface area contributed by atoms with E-state index < -0.39 is 6.10 Å². The molecule has 2 atom stereocenters. The van der Waals surface area contributed by atoms with Crippen molar-refractivity contribution < 1.29 is 14.3 Å². The smallest absolute Gasteiger partial charge is 0.340 e. The molecule has 2 aromatic rings. The third-order valence-electron chi connectivity index (χ3n) is 4.31. The molecule has 4 heteroatoms. The van der Waals surface area contributed by atoms with Crippen molar-refractivity contribution in [2.24, 2.45) is 0 Å². The molecule has 0 fully saturated rings. The number of nitrogens with two attached hydrogens (primary N) is 1. The molecule has 4 nitrogen and oxygen atoms in total. The number of anilines is 1. The fourth-order valence-electron chi connectivity index (χ4n) is 3.11. The van der Waals surface area contributed by atoms with E-state index in [1.54, 1.807) is 0 Å². The topological polar surface area (TPSA) is 61.5 Å². The Morgan fingerprint density at radius 1 is 1.17 bits per heavy atom. The lowest BCUT2D eigenvalue weighted by Gasteiger charge is -2.27. The van der Waals surface area contributed by atoms with Gasteiger partial charge in [-0.3, -0.25) is 0 Å². The Balaban J connectivity index is 1.70. The molecule has 23 heavy (non-hydrogen) atoms. The monoisotopic (exact) mass is 311 g/mol. The highest BCUT2D eigenvalue weighted by Crippen LogP contribution is 2.29. The molecule has 0 heterocycles. The molecule has 1 aliphatic carbocycles. The van der Waals surface area contributed by atoms with E-state index in [0.29, 0.717) is 6.42 Å². The molecule has 0 aromatic heterocycles. The number of carbonyl (C=O) groups is 1. The van der Waals surface area contributed by atoms with Gasteiger partial charge in [0.05, 0.1) is 0 Å². The Kier molecular flexibility index (Phi) is 4.63. The van der Waals surface area contributed by atoms with Crippen molar-refractivity contribution >= 4 is 11.7 Å². The number of ether oxygens (including phenoxy) is 2. The van der Waals surface area contributed by atoms with Crippen LogP contribution in [0.1, 0.15) is 29.2 Å². The summed E-state index contributed by atoms with van der Waals surface area (Å²) in [5.41, 5.74) is 9.98. The Hall–Kier alpha value is -2.33. The highest BCUT2D eigenvalue weighted by molar-refractivity contribution is 5.76. The van der Waals surface area contributed by atoms with Gasteiger partial charge in [0.15, 0.2) is 6.10 Å². The van der Waals surface area contributed by atoms with Crippen molar-refractivity contribution in [2.45, 2.75) is 31.5 Å². The van der Waals surface area contributed by atoms with Crippen LogP contribution in [0.15, 0.2) is 48.5 Å². The first-order valence-electron chi connectivity index (χ1n) is 7.83. The quantitative estimate of drug-likeness (QED) is 0.696. The fourth-order valence-corrected chi connectivity index (χ4v) is 3.11. The van der Waals surface area contributed by atoms with Gasteiger partial charge < -0.3 is 15.2 Å². The summed E-state index contributed by atoms with van der Waals surface area (Å²) in [7, 11) is 1.52. The minimum absolute atomic E-state index is 0.152. The Labute approximate surface area is 136 Å². The van der Waals surface area contributed by atoms with Gasteiger partial charge in [-0.15, -0.1) is 0 Å². The van der Waals surface area contributed by atoms with E-state index >= 15 is 0 Å². The van der Waals surface area contributed by atoms with Crippen molar-refractivity contribution in [3.8, 4) is 0 Å². The zero-order valence-electron chi connectivity index (χ0n) is 13.2. The van der Waals surface area contributed by atoms with Gasteiger partial charge in [-0.05, 0) is 35.6 Å². The average molecular weight is 311 g/mol. The predicted octanol–water partition coefficient (Wildman–Crippen LogP) is 3.06. The number of fused-ring (bicyclic) bond motifs is 1. The molecule has 3 rings (SSSR count). The minimum Gasteiger partial charge on any atom is -0.460 e. The first-order valence-corrected chi connectivity index (χ1v) is 7.83. The second-order valence-electron chi connectivity index (χ2n) is 5.81. The molecule has 0 saturated heterocycles. The first kappa shape index (κ1) is 15.6. The van der Waals surface area contributed by atoms with E-state index in [0.717, 1.165) is 29.7 Å². The molecule has 0 aliphatic heterocycles. The van der Waals surface area contributed by atoms with E-state index in [1.807, 2.05) is 42.5 Å². The zero-order valence-corrected chi connectivity index (χ0v) is 13.2. The second-order valence-corrected chi connectivity index (χ2v) is 5.81. The molecule has 0 bridgehead atoms. The van der Waals surface area contributed by atoms with Crippen molar-refractivity contribution in [3.63, 3.8) is 0 Å². The van der Waals surface area contributed by atoms with Gasteiger partial charge in [-0.25, -0.2) is 4.79 Å². The number of hydrogen-bond acceptors (Lipinski definition) is 4. The van der Waals surface area contributed by atoms with Crippen LogP contribution in [0.4, 0.5) is 5.69 Å². The maximum atomic E-state index is 12.5. The minimum atomic E-state index is -0.689. The highest BCUT2D eigenvalue weighted by atomic mass is 16.6. The van der Waals surface area contributed by atoms with Crippen LogP contribution in [0, 0.1) is 0 Å². The van der Waals surface area contributed by atoms with Gasteiger partial charge in [0, 0.05) is 19.2 Å². The number of esters is 1. The lowest BCUT2D eigenvalue weighted by molar-refractivity contribution is -0.162. The summed E-state index contributed by atoms with van der Waals surface area (Å²) in [6, 6.07) is 15.3. The molecule has 0 saturated carbocycles. The number of rotatable bonds is 4. The van der Waals surface area contributed by atoms with Gasteiger partial charge in [-0.1, -0.05) is 42.5 Å². The maximum Gasteiger partial charge on any atom is 0.340 e. The van der Waals surface area contributed by atoms with Gasteiger partial charge >= 0.3 is 5.97 Å². The highest BCUT2D eigenvalue weighted by Gasteiger charge is 2.28. The fraction of sp³-hybridized carbons (Fsp3) is 0.316. The third kappa shape index (κ3) is 3.37. The summed E-state index contributed by atoms with van der Waals surface area (Å²) in [6.45, 7) is 0. The SMILES string of the molecule is CO[C@@H](C(=O)O[C@H]1CCc2cccc(N)c2C1)c1ccccc1. The molecule has 0 unspecified atom stereocenters. The molecule has 1 aliphatic rings. The van der Waals surface area contributed by atoms with Crippen LogP contribution < -0.4 is 5.73 Å². The molecule has 120 valence electrons. The van der Waals surface area contributed by atoms with E-state index in [9.17, 15) is 4.79 Å². The Morgan fingerprint density at radius 3 is 2.70 bits per heavy atom. The van der Waals surface area contributed by atoms with Crippen molar-refractivity contribution in [1.82, 2.24) is 0 Å². The molecule has 0 spiro atoms. The lowest BCUT2D eigenvalue weighted by atomic mass is 9.88. The standard InChI is InChI=1S/C19H21NO3/c1-22-18(14-6-3-2-4-7-14)19(21)23-15-11-10-13-8-5-9-17(20)16(13)12-15/h2-9,15,18H,10-12,20H2,1H3/t15-,18+/m0/s1. The lowest BCUT2D eigenvalue weighted by Crippen LogP contribution is -2.29. The van der Waals surface area contributed by atoms with E-state index in [4.69, 9.17) is 15.2 Å². The molecule has 0 amide bonds. The van der Waals surface area contributed by atoms with E-state index in [-0.39, 0.29) is 12.1 Å². The largest absolute Gasteiger partial charge is 0.460 e. The molecule has 2 N–H and O–H groups in total. The molecular weight excluding hydrogens is 290 g/mol. The predicted molar refractivity (Wildman–Crippen MR) is 89.0 cm³/mol. The zero-order chi connectivity index (χ0) is 16.2. The van der Waals surface area contributed by atoms with Gasteiger partial charge in [0.25, 0.3) is 0 Å². The number of aryl methyl sites for hydroxylation is 1. The number of hydrogen-bond donors (Lipinski definition) is 1. The molecule has 2 aromatic carbocycles. The summed E-state index contributed by atoms with van der Waals surface area (Å²) in [5.74, 6) is -0.346. The molecular formula is C19H21NO3. The Bertz CT molecular complexity index is 684. The maximum absolute atomic E-state index is 12.5. The number of nitrogen functional groups attached to an aromatic ring is 1. The Morgan fingerprint density at radius 2 is 1.96 bits per heavy atom. The van der Waals surface area contributed by atoms with Crippen LogP contribution in [-0.4, -0.2) is 19.2 Å². The van der Waals surface area contributed by atoms with Gasteiger partial charge in [-0.2, -0.15) is 0 Å². The van der Waals surface area contributed by atoms with Crippen LogP contribution in [0.5, 0.6) is 0 Å². The van der Waals surface area contributed by atoms with Gasteiger partial charge in [0.1, 0.15) is 6.10 Å². The van der Waals surface area contributed by atoms with Crippen LogP contribution in [0.2, 0.25) is 0 Å². The van der Waals surface area contributed by atoms with Crippen LogP contribution in [-0.2, 0) is 27.1 Å². The number of benzene rings is 2. The van der Waals surface area contributed by atoms with E-state index in [2.05, 4.69) is 6.07 Å². The summed E-state index contributed by atoms with van der Waals surface area (Å²) in [5, 5.41) is 0. The summed E-state index contributed by atoms with van der Waals surface area (Å²) in [6.07, 6.45) is 1.51. The summed E-state index contributed by atoms with van der Waals surface area (Å²) in [4.78, 5) is 12.5. The summed E-state index contributed by atoms with van der Waals surface area (Å²) >= 11 is 0. The average Bonchev–Trinajstić information content (AvgIpc) is 2.57. The number of methoxy groups -OCH3 is 1. The van der Waals surface area contributed by atoms with Crippen LogP contribution in [0.25, 0.3) is 0 Å². The molecule has 0 radical (unpaired) electrons. The van der Waals surface area contributed by atoms with Gasteiger partial charge in [0.2, 0.25) is 0 Å². The second kappa shape index (κ2) is 6.84. The first-order chi connectivity index (χ1) is 11.2. The van der Waals surface area contributed by atoms with Crippen molar-refractivity contribution in [2.75, 3.05) is 12.8 Å². The van der Waals surface area contributed by atoms with Crippen molar-refractivity contribution in [1.29, 1.82) is 0 Å².